The summed E-state index contributed by atoms with van der Waals surface area (Å²) in [6, 6.07) is 3.42. The molecule has 1 aromatic carbocycles. The molecular weight excluding hydrogens is 322 g/mol. The number of hydrogen-bond acceptors (Lipinski definition) is 6. The maximum absolute atomic E-state index is 11.0. The van der Waals surface area contributed by atoms with E-state index in [1.165, 1.54) is 18.1 Å². The molecule has 1 heterocycles. The molecule has 0 saturated carbocycles. The number of carbonyl (C=O) groups is 1. The number of ether oxygens (including phenoxy) is 1. The molecule has 0 fully saturated rings. The predicted octanol–water partition coefficient (Wildman–Crippen LogP) is 2.56. The molecule has 0 bridgehead atoms. The van der Waals surface area contributed by atoms with Crippen molar-refractivity contribution in [1.82, 2.24) is 9.55 Å². The van der Waals surface area contributed by atoms with Crippen LogP contribution in [0.3, 0.4) is 0 Å². The van der Waals surface area contributed by atoms with Crippen LogP contribution in [0.1, 0.15) is 11.1 Å². The van der Waals surface area contributed by atoms with Gasteiger partial charge >= 0.3 is 11.8 Å². The third-order valence-corrected chi connectivity index (χ3v) is 4.54. The standard InChI is InChI=1S/C14H15N3O5S/c1-8-4-10(22-6-11(18)19)5-9(2)12(8)23-14-13(17(20)21)15-7-16(14)3/h4-5,7H,6H2,1-3H3,(H,18,19). The predicted molar refractivity (Wildman–Crippen MR) is 83.0 cm³/mol. The van der Waals surface area contributed by atoms with Crippen LogP contribution in [-0.2, 0) is 11.8 Å². The fourth-order valence-electron chi connectivity index (χ4n) is 2.05. The van der Waals surface area contributed by atoms with Crippen LogP contribution < -0.4 is 4.74 Å². The molecule has 9 heteroatoms. The summed E-state index contributed by atoms with van der Waals surface area (Å²) in [5.41, 5.74) is 1.68. The lowest BCUT2D eigenvalue weighted by atomic mass is 10.1. The third-order valence-electron chi connectivity index (χ3n) is 3.03. The highest BCUT2D eigenvalue weighted by atomic mass is 32.2. The van der Waals surface area contributed by atoms with Crippen LogP contribution in [0.25, 0.3) is 0 Å². The van der Waals surface area contributed by atoms with Gasteiger partial charge in [0.1, 0.15) is 5.75 Å². The van der Waals surface area contributed by atoms with E-state index in [2.05, 4.69) is 4.98 Å². The second kappa shape index (κ2) is 6.69. The fraction of sp³-hybridized carbons (Fsp3) is 0.286. The molecular formula is C14H15N3O5S. The molecule has 0 aliphatic heterocycles. The minimum Gasteiger partial charge on any atom is -0.482 e. The number of carboxylic acids is 1. The number of hydrogen-bond donors (Lipinski definition) is 1. The second-order valence-corrected chi connectivity index (χ2v) is 5.91. The van der Waals surface area contributed by atoms with E-state index < -0.39 is 17.5 Å². The summed E-state index contributed by atoms with van der Waals surface area (Å²) in [7, 11) is 1.69. The van der Waals surface area contributed by atoms with Crippen molar-refractivity contribution in [3.05, 3.63) is 39.7 Å². The molecule has 2 aromatic rings. The van der Waals surface area contributed by atoms with E-state index in [0.717, 1.165) is 16.0 Å². The van der Waals surface area contributed by atoms with Gasteiger partial charge in [0.15, 0.2) is 11.6 Å². The molecule has 0 aliphatic carbocycles. The monoisotopic (exact) mass is 337 g/mol. The first kappa shape index (κ1) is 16.8. The minimum atomic E-state index is -1.05. The lowest BCUT2D eigenvalue weighted by Crippen LogP contribution is -2.09. The molecule has 0 unspecified atom stereocenters. The molecule has 23 heavy (non-hydrogen) atoms. The maximum Gasteiger partial charge on any atom is 0.396 e. The number of benzene rings is 1. The molecule has 2 rings (SSSR count). The molecule has 0 amide bonds. The van der Waals surface area contributed by atoms with Crippen LogP contribution in [0, 0.1) is 24.0 Å². The third kappa shape index (κ3) is 3.81. The summed E-state index contributed by atoms with van der Waals surface area (Å²) < 4.78 is 6.76. The van der Waals surface area contributed by atoms with Crippen LogP contribution in [0.2, 0.25) is 0 Å². The van der Waals surface area contributed by atoms with Crippen molar-refractivity contribution in [2.45, 2.75) is 23.8 Å². The van der Waals surface area contributed by atoms with Crippen molar-refractivity contribution in [2.75, 3.05) is 6.61 Å². The number of nitrogens with zero attached hydrogens (tertiary/aromatic N) is 3. The van der Waals surface area contributed by atoms with Gasteiger partial charge in [-0.25, -0.2) is 4.79 Å². The highest BCUT2D eigenvalue weighted by Crippen LogP contribution is 2.38. The summed E-state index contributed by atoms with van der Waals surface area (Å²) >= 11 is 1.25. The molecule has 0 saturated heterocycles. The lowest BCUT2D eigenvalue weighted by Gasteiger charge is -2.12. The van der Waals surface area contributed by atoms with Crippen LogP contribution in [0.15, 0.2) is 28.4 Å². The molecule has 1 aromatic heterocycles. The van der Waals surface area contributed by atoms with Crippen molar-refractivity contribution in [3.63, 3.8) is 0 Å². The Morgan fingerprint density at radius 2 is 2.04 bits per heavy atom. The van der Waals surface area contributed by atoms with Crippen molar-refractivity contribution in [2.24, 2.45) is 7.05 Å². The van der Waals surface area contributed by atoms with E-state index in [1.807, 2.05) is 13.8 Å². The smallest absolute Gasteiger partial charge is 0.396 e. The second-order valence-electron chi connectivity index (χ2n) is 4.91. The van der Waals surface area contributed by atoms with Crippen molar-refractivity contribution in [3.8, 4) is 5.75 Å². The Labute approximate surface area is 136 Å². The van der Waals surface area contributed by atoms with Crippen LogP contribution in [-0.4, -0.2) is 32.2 Å². The molecule has 122 valence electrons. The summed E-state index contributed by atoms with van der Waals surface area (Å²) in [5, 5.41) is 20.1. The number of nitro groups is 1. The molecule has 0 aliphatic rings. The molecule has 8 nitrogen and oxygen atoms in total. The van der Waals surface area contributed by atoms with E-state index in [9.17, 15) is 14.9 Å². The van der Waals surface area contributed by atoms with Gasteiger partial charge in [0.2, 0.25) is 6.33 Å². The Bertz CT molecular complexity index is 749. The van der Waals surface area contributed by atoms with Gasteiger partial charge in [-0.1, -0.05) is 11.8 Å². The number of aromatic nitrogens is 2. The van der Waals surface area contributed by atoms with Crippen LogP contribution in [0.4, 0.5) is 5.82 Å². The summed E-state index contributed by atoms with van der Waals surface area (Å²) in [6.07, 6.45) is 1.40. The summed E-state index contributed by atoms with van der Waals surface area (Å²) in [6.45, 7) is 3.26. The first-order valence-electron chi connectivity index (χ1n) is 6.59. The van der Waals surface area contributed by atoms with Crippen LogP contribution >= 0.6 is 11.8 Å². The molecule has 0 atom stereocenters. The van der Waals surface area contributed by atoms with Crippen molar-refractivity contribution >= 4 is 23.5 Å². The fourth-order valence-corrected chi connectivity index (χ4v) is 3.09. The van der Waals surface area contributed by atoms with E-state index in [0.29, 0.717) is 10.8 Å². The first-order chi connectivity index (χ1) is 10.8. The highest BCUT2D eigenvalue weighted by molar-refractivity contribution is 7.99. The van der Waals surface area contributed by atoms with Gasteiger partial charge in [-0.3, -0.25) is 0 Å². The largest absolute Gasteiger partial charge is 0.482 e. The Balaban J connectivity index is 2.33. The van der Waals surface area contributed by atoms with Gasteiger partial charge in [-0.2, -0.15) is 0 Å². The quantitative estimate of drug-likeness (QED) is 0.637. The maximum atomic E-state index is 11.0. The zero-order valence-electron chi connectivity index (χ0n) is 12.8. The Morgan fingerprint density at radius 1 is 1.43 bits per heavy atom. The average molecular weight is 337 g/mol. The number of carboxylic acid groups (broad SMARTS) is 1. The van der Waals surface area contributed by atoms with Gasteiger partial charge in [0.05, 0.1) is 0 Å². The molecule has 1 N–H and O–H groups in total. The van der Waals surface area contributed by atoms with E-state index in [-0.39, 0.29) is 5.82 Å². The van der Waals surface area contributed by atoms with E-state index >= 15 is 0 Å². The summed E-state index contributed by atoms with van der Waals surface area (Å²) in [5.74, 6) is -0.793. The van der Waals surface area contributed by atoms with Gasteiger partial charge in [0, 0.05) is 11.9 Å². The Morgan fingerprint density at radius 3 is 2.57 bits per heavy atom. The number of aliphatic carboxylic acids is 1. The zero-order valence-corrected chi connectivity index (χ0v) is 13.6. The number of imidazole rings is 1. The summed E-state index contributed by atoms with van der Waals surface area (Å²) in [4.78, 5) is 25.7. The molecule has 0 spiro atoms. The lowest BCUT2D eigenvalue weighted by molar-refractivity contribution is -0.392. The zero-order chi connectivity index (χ0) is 17.1. The highest BCUT2D eigenvalue weighted by Gasteiger charge is 2.22. The Hall–Kier alpha value is -2.55. The Kier molecular flexibility index (Phi) is 4.89. The van der Waals surface area contributed by atoms with Gasteiger partial charge < -0.3 is 24.5 Å². The van der Waals surface area contributed by atoms with Crippen molar-refractivity contribution < 1.29 is 19.6 Å². The minimum absolute atomic E-state index is 0.192. The topological polar surface area (TPSA) is 107 Å². The average Bonchev–Trinajstić information content (AvgIpc) is 2.82. The van der Waals surface area contributed by atoms with Crippen molar-refractivity contribution in [1.29, 1.82) is 0 Å². The van der Waals surface area contributed by atoms with Gasteiger partial charge in [-0.15, -0.1) is 0 Å². The normalized spacial score (nSPS) is 10.6. The molecule has 0 radical (unpaired) electrons. The number of aryl methyl sites for hydroxylation is 3. The SMILES string of the molecule is Cc1cc(OCC(=O)O)cc(C)c1Sc1c([N+](=O)[O-])ncn1C. The number of rotatable bonds is 6. The van der Waals surface area contributed by atoms with Gasteiger partial charge in [0.25, 0.3) is 0 Å². The van der Waals surface area contributed by atoms with E-state index in [1.54, 1.807) is 23.7 Å². The first-order valence-corrected chi connectivity index (χ1v) is 7.40. The van der Waals surface area contributed by atoms with Gasteiger partial charge in [-0.05, 0) is 47.0 Å². The van der Waals surface area contributed by atoms with E-state index in [4.69, 9.17) is 9.84 Å². The van der Waals surface area contributed by atoms with Crippen LogP contribution in [0.5, 0.6) is 5.75 Å².